The van der Waals surface area contributed by atoms with Gasteiger partial charge in [0.25, 0.3) is 5.91 Å². The maximum atomic E-state index is 14.2. The zero-order valence-electron chi connectivity index (χ0n) is 22.2. The maximum absolute atomic E-state index is 14.2. The highest BCUT2D eigenvalue weighted by Crippen LogP contribution is 2.31. The molecule has 5 rings (SSSR count). The Labute approximate surface area is 241 Å². The van der Waals surface area contributed by atoms with E-state index in [0.29, 0.717) is 35.0 Å². The summed E-state index contributed by atoms with van der Waals surface area (Å²) >= 11 is 6.09. The highest BCUT2D eigenvalue weighted by atomic mass is 35.5. The first kappa shape index (κ1) is 28.2. The number of nitrogen functional groups attached to an aromatic ring is 1. The first-order chi connectivity index (χ1) is 19.4. The average molecular weight is 597 g/mol. The van der Waals surface area contributed by atoms with Gasteiger partial charge in [0.2, 0.25) is 5.91 Å². The van der Waals surface area contributed by atoms with Gasteiger partial charge in [-0.25, -0.2) is 22.8 Å². The van der Waals surface area contributed by atoms with Crippen molar-refractivity contribution in [2.75, 3.05) is 48.5 Å². The van der Waals surface area contributed by atoms with Gasteiger partial charge in [-0.15, -0.1) is 0 Å². The van der Waals surface area contributed by atoms with Gasteiger partial charge in [-0.2, -0.15) is 0 Å². The third kappa shape index (κ3) is 5.93. The monoisotopic (exact) mass is 596 g/mol. The number of benzene rings is 2. The van der Waals surface area contributed by atoms with E-state index in [-0.39, 0.29) is 41.0 Å². The number of halogens is 2. The number of carbonyl (C=O) groups is 2. The number of nitrogens with zero attached hydrogens (tertiary/aromatic N) is 5. The lowest BCUT2D eigenvalue weighted by molar-refractivity contribution is -0.129. The van der Waals surface area contributed by atoms with E-state index in [1.807, 2.05) is 4.90 Å². The SMILES string of the molecule is CN1CCN(c2ccc(C(=O)N(Cc3ccc4cc(Cl)c(N)nc4c3)c3ccc(F)cc3S(C)(=O)=O)cn2)CC1=O. The number of fused-ring (bicyclic) bond motifs is 1. The summed E-state index contributed by atoms with van der Waals surface area (Å²) in [5, 5.41) is 1.04. The molecule has 13 heteroatoms. The molecule has 0 radical (unpaired) electrons. The molecular weight excluding hydrogens is 571 g/mol. The van der Waals surface area contributed by atoms with E-state index >= 15 is 0 Å². The normalized spacial score (nSPS) is 14.0. The van der Waals surface area contributed by atoms with Crippen LogP contribution in [0, 0.1) is 5.82 Å². The summed E-state index contributed by atoms with van der Waals surface area (Å²) in [6.07, 6.45) is 2.33. The second-order valence-corrected chi connectivity index (χ2v) is 12.2. The number of piperazine rings is 1. The van der Waals surface area contributed by atoms with Gasteiger partial charge >= 0.3 is 0 Å². The first-order valence-corrected chi connectivity index (χ1v) is 14.8. The fourth-order valence-electron chi connectivity index (χ4n) is 4.57. The third-order valence-electron chi connectivity index (χ3n) is 6.84. The molecule has 2 aromatic heterocycles. The second kappa shape index (κ2) is 10.9. The Morgan fingerprint density at radius 1 is 1.12 bits per heavy atom. The number of likely N-dealkylation sites (N-methyl/N-ethyl adjacent to an activating group) is 1. The molecule has 2 N–H and O–H groups in total. The lowest BCUT2D eigenvalue weighted by atomic mass is 10.1. The Bertz CT molecular complexity index is 1780. The minimum atomic E-state index is -3.92. The average Bonchev–Trinajstić information content (AvgIpc) is 2.93. The summed E-state index contributed by atoms with van der Waals surface area (Å²) in [6, 6.07) is 13.4. The minimum Gasteiger partial charge on any atom is -0.382 e. The molecule has 0 saturated carbocycles. The van der Waals surface area contributed by atoms with Crippen LogP contribution in [0.15, 0.2) is 65.7 Å². The Morgan fingerprint density at radius 3 is 2.59 bits per heavy atom. The Balaban J connectivity index is 1.54. The molecule has 10 nitrogen and oxygen atoms in total. The van der Waals surface area contributed by atoms with Gasteiger partial charge in [0.15, 0.2) is 9.84 Å². The smallest absolute Gasteiger partial charge is 0.260 e. The Morgan fingerprint density at radius 2 is 1.90 bits per heavy atom. The topological polar surface area (TPSA) is 130 Å². The Kier molecular flexibility index (Phi) is 7.54. The third-order valence-corrected chi connectivity index (χ3v) is 8.27. The molecule has 0 atom stereocenters. The predicted octanol–water partition coefficient (Wildman–Crippen LogP) is 3.53. The highest BCUT2D eigenvalue weighted by Gasteiger charge is 2.27. The van der Waals surface area contributed by atoms with Crippen molar-refractivity contribution in [3.63, 3.8) is 0 Å². The first-order valence-electron chi connectivity index (χ1n) is 12.5. The van der Waals surface area contributed by atoms with Crippen LogP contribution < -0.4 is 15.5 Å². The van der Waals surface area contributed by atoms with Crippen molar-refractivity contribution in [2.24, 2.45) is 0 Å². The van der Waals surface area contributed by atoms with Crippen LogP contribution in [0.1, 0.15) is 15.9 Å². The van der Waals surface area contributed by atoms with Gasteiger partial charge in [0, 0.05) is 38.0 Å². The lowest BCUT2D eigenvalue weighted by Crippen LogP contribution is -2.48. The van der Waals surface area contributed by atoms with Crippen LogP contribution in [0.3, 0.4) is 0 Å². The molecule has 1 aliphatic rings. The quantitative estimate of drug-likeness (QED) is 0.358. The van der Waals surface area contributed by atoms with Crippen LogP contribution in [0.5, 0.6) is 0 Å². The number of aromatic nitrogens is 2. The molecule has 1 fully saturated rings. The second-order valence-electron chi connectivity index (χ2n) is 9.80. The van der Waals surface area contributed by atoms with Crippen LogP contribution in [0.2, 0.25) is 5.02 Å². The van der Waals surface area contributed by atoms with Crippen molar-refractivity contribution in [1.82, 2.24) is 14.9 Å². The van der Waals surface area contributed by atoms with Gasteiger partial charge in [0.1, 0.15) is 17.5 Å². The van der Waals surface area contributed by atoms with E-state index in [1.165, 1.54) is 17.2 Å². The number of anilines is 3. The zero-order chi connectivity index (χ0) is 29.5. The summed E-state index contributed by atoms with van der Waals surface area (Å²) in [5.74, 6) is -0.668. The summed E-state index contributed by atoms with van der Waals surface area (Å²) in [5.41, 5.74) is 7.21. The number of hydrogen-bond acceptors (Lipinski definition) is 8. The number of sulfone groups is 1. The molecule has 0 bridgehead atoms. The van der Waals surface area contributed by atoms with Crippen molar-refractivity contribution in [2.45, 2.75) is 11.4 Å². The zero-order valence-corrected chi connectivity index (χ0v) is 23.8. The molecular formula is C28H26ClFN6O4S. The predicted molar refractivity (Wildman–Crippen MR) is 155 cm³/mol. The number of nitrogens with two attached hydrogens (primary N) is 1. The number of hydrogen-bond donors (Lipinski definition) is 1. The van der Waals surface area contributed by atoms with Crippen molar-refractivity contribution in [1.29, 1.82) is 0 Å². The van der Waals surface area contributed by atoms with E-state index < -0.39 is 21.6 Å². The van der Waals surface area contributed by atoms with Crippen molar-refractivity contribution >= 4 is 61.5 Å². The van der Waals surface area contributed by atoms with Gasteiger partial charge in [-0.3, -0.25) is 9.59 Å². The fraction of sp³-hybridized carbons (Fsp3) is 0.214. The van der Waals surface area contributed by atoms with Gasteiger partial charge < -0.3 is 20.4 Å². The van der Waals surface area contributed by atoms with E-state index in [9.17, 15) is 22.4 Å². The standard InChI is InChI=1S/C28H26ClFN6O4S/c1-34-9-10-35(16-26(34)37)25-8-5-19(14-32-25)28(38)36(23-7-6-20(30)13-24(23)41(2,39)40)15-17-3-4-18-12-21(29)27(31)33-22(18)11-17/h3-8,11-14H,9-10,15-16H2,1-2H3,(H2,31,33). The molecule has 2 amide bonds. The van der Waals surface area contributed by atoms with Crippen LogP contribution in [0.4, 0.5) is 21.7 Å². The van der Waals surface area contributed by atoms with Gasteiger partial charge in [0.05, 0.1) is 39.8 Å². The molecule has 1 saturated heterocycles. The minimum absolute atomic E-state index is 0.0105. The Hall–Kier alpha value is -4.29. The molecule has 3 heterocycles. The number of carbonyl (C=O) groups excluding carboxylic acids is 2. The molecule has 4 aromatic rings. The summed E-state index contributed by atoms with van der Waals surface area (Å²) in [7, 11) is -2.19. The maximum Gasteiger partial charge on any atom is 0.260 e. The van der Waals surface area contributed by atoms with Crippen LogP contribution in [-0.4, -0.2) is 68.0 Å². The van der Waals surface area contributed by atoms with Crippen LogP contribution in [-0.2, 0) is 21.2 Å². The van der Waals surface area contributed by atoms with Crippen LogP contribution in [0.25, 0.3) is 10.9 Å². The highest BCUT2D eigenvalue weighted by molar-refractivity contribution is 7.90. The van der Waals surface area contributed by atoms with Gasteiger partial charge in [-0.1, -0.05) is 23.7 Å². The summed E-state index contributed by atoms with van der Waals surface area (Å²) in [4.78, 5) is 39.1. The largest absolute Gasteiger partial charge is 0.382 e. The van der Waals surface area contributed by atoms with E-state index in [1.54, 1.807) is 48.3 Å². The molecule has 1 aliphatic heterocycles. The fourth-order valence-corrected chi connectivity index (χ4v) is 5.61. The van der Waals surface area contributed by atoms with E-state index in [2.05, 4.69) is 9.97 Å². The van der Waals surface area contributed by atoms with Crippen molar-refractivity contribution in [3.8, 4) is 0 Å². The number of amides is 2. The molecule has 0 aliphatic carbocycles. The number of pyridine rings is 2. The van der Waals surface area contributed by atoms with Crippen LogP contribution >= 0.6 is 11.6 Å². The molecule has 0 unspecified atom stereocenters. The number of rotatable bonds is 6. The summed E-state index contributed by atoms with van der Waals surface area (Å²) < 4.78 is 39.5. The van der Waals surface area contributed by atoms with Crippen molar-refractivity contribution in [3.05, 3.63) is 82.8 Å². The van der Waals surface area contributed by atoms with Gasteiger partial charge in [-0.05, 0) is 48.0 Å². The molecule has 2 aromatic carbocycles. The van der Waals surface area contributed by atoms with Crippen molar-refractivity contribution < 1.29 is 22.4 Å². The molecule has 41 heavy (non-hydrogen) atoms. The van der Waals surface area contributed by atoms with E-state index in [0.717, 1.165) is 23.8 Å². The molecule has 212 valence electrons. The summed E-state index contributed by atoms with van der Waals surface area (Å²) in [6.45, 7) is 1.24. The van der Waals surface area contributed by atoms with E-state index in [4.69, 9.17) is 17.3 Å². The lowest BCUT2D eigenvalue weighted by Gasteiger charge is -2.32. The molecule has 0 spiro atoms.